The molecule has 0 saturated heterocycles. The van der Waals surface area contributed by atoms with Crippen LogP contribution < -0.4 is 10.9 Å². The highest BCUT2D eigenvalue weighted by atomic mass is 16.2. The summed E-state index contributed by atoms with van der Waals surface area (Å²) in [6.45, 7) is 0.451. The van der Waals surface area contributed by atoms with Crippen LogP contribution in [-0.4, -0.2) is 25.7 Å². The third kappa shape index (κ3) is 2.81. The lowest BCUT2D eigenvalue weighted by molar-refractivity contribution is -0.121. The Morgan fingerprint density at radius 2 is 2.10 bits per heavy atom. The molecule has 2 aromatic heterocycles. The number of benzene rings is 1. The van der Waals surface area contributed by atoms with E-state index in [4.69, 9.17) is 0 Å². The highest BCUT2D eigenvalue weighted by Crippen LogP contribution is 2.11. The lowest BCUT2D eigenvalue weighted by atomic mass is 10.1. The topological polar surface area (TPSA) is 92.7 Å². The van der Waals surface area contributed by atoms with E-state index < -0.39 is 0 Å². The van der Waals surface area contributed by atoms with E-state index in [1.54, 1.807) is 35.4 Å². The van der Waals surface area contributed by atoms with Gasteiger partial charge >= 0.3 is 0 Å². The summed E-state index contributed by atoms with van der Waals surface area (Å²) < 4.78 is 1.67. The van der Waals surface area contributed by atoms with Crippen LogP contribution in [0.2, 0.25) is 0 Å². The van der Waals surface area contributed by atoms with Crippen molar-refractivity contribution < 1.29 is 4.79 Å². The summed E-state index contributed by atoms with van der Waals surface area (Å²) >= 11 is 0. The lowest BCUT2D eigenvalue weighted by Crippen LogP contribution is -2.27. The fourth-order valence-corrected chi connectivity index (χ4v) is 2.09. The SMILES string of the molecule is O=C(Cn1ccnc1)NCc1n[nH]c(=O)c2ccccc12. The van der Waals surface area contributed by atoms with Crippen LogP contribution in [0.1, 0.15) is 5.69 Å². The van der Waals surface area contributed by atoms with E-state index in [0.717, 1.165) is 5.39 Å². The predicted molar refractivity (Wildman–Crippen MR) is 76.4 cm³/mol. The fourth-order valence-electron chi connectivity index (χ4n) is 2.09. The van der Waals surface area contributed by atoms with Gasteiger partial charge in [-0.2, -0.15) is 5.10 Å². The van der Waals surface area contributed by atoms with Crippen LogP contribution in [0.3, 0.4) is 0 Å². The van der Waals surface area contributed by atoms with Crippen molar-refractivity contribution in [3.63, 3.8) is 0 Å². The summed E-state index contributed by atoms with van der Waals surface area (Å²) in [5.74, 6) is -0.148. The number of rotatable bonds is 4. The first-order valence-electron chi connectivity index (χ1n) is 6.43. The van der Waals surface area contributed by atoms with Crippen molar-refractivity contribution in [1.29, 1.82) is 0 Å². The van der Waals surface area contributed by atoms with Gasteiger partial charge in [0, 0.05) is 17.8 Å². The zero-order valence-corrected chi connectivity index (χ0v) is 11.1. The molecule has 0 fully saturated rings. The van der Waals surface area contributed by atoms with Crippen molar-refractivity contribution >= 4 is 16.7 Å². The first kappa shape index (κ1) is 13.0. The molecule has 1 amide bonds. The summed E-state index contributed by atoms with van der Waals surface area (Å²) in [5.41, 5.74) is 0.392. The molecule has 0 radical (unpaired) electrons. The maximum atomic E-state index is 11.8. The Balaban J connectivity index is 1.75. The van der Waals surface area contributed by atoms with Crippen LogP contribution in [0.15, 0.2) is 47.8 Å². The van der Waals surface area contributed by atoms with E-state index in [2.05, 4.69) is 20.5 Å². The molecule has 2 N–H and O–H groups in total. The van der Waals surface area contributed by atoms with Gasteiger partial charge in [-0.15, -0.1) is 0 Å². The normalized spacial score (nSPS) is 10.7. The Kier molecular flexibility index (Phi) is 3.46. The molecule has 0 aliphatic heterocycles. The average Bonchev–Trinajstić information content (AvgIpc) is 3.00. The molecule has 106 valence electrons. The molecule has 0 aliphatic carbocycles. The molecule has 3 aromatic rings. The van der Waals surface area contributed by atoms with Crippen molar-refractivity contribution in [1.82, 2.24) is 25.1 Å². The van der Waals surface area contributed by atoms with Gasteiger partial charge in [-0.3, -0.25) is 9.59 Å². The third-order valence-electron chi connectivity index (χ3n) is 3.11. The van der Waals surface area contributed by atoms with Crippen LogP contribution in [0.25, 0.3) is 10.8 Å². The number of H-pyrrole nitrogens is 1. The molecule has 0 spiro atoms. The summed E-state index contributed by atoms with van der Waals surface area (Å²) in [6.07, 6.45) is 4.91. The number of nitrogens with zero attached hydrogens (tertiary/aromatic N) is 3. The third-order valence-corrected chi connectivity index (χ3v) is 3.11. The van der Waals surface area contributed by atoms with Crippen LogP contribution in [-0.2, 0) is 17.9 Å². The van der Waals surface area contributed by atoms with Crippen molar-refractivity contribution in [2.24, 2.45) is 0 Å². The molecule has 7 heteroatoms. The van der Waals surface area contributed by atoms with Crippen molar-refractivity contribution in [3.8, 4) is 0 Å². The van der Waals surface area contributed by atoms with E-state index in [-0.39, 0.29) is 24.6 Å². The number of carbonyl (C=O) groups excluding carboxylic acids is 1. The zero-order valence-electron chi connectivity index (χ0n) is 11.1. The van der Waals surface area contributed by atoms with Crippen molar-refractivity contribution in [2.45, 2.75) is 13.1 Å². The van der Waals surface area contributed by atoms with E-state index in [0.29, 0.717) is 11.1 Å². The van der Waals surface area contributed by atoms with Gasteiger partial charge in [0.1, 0.15) is 6.54 Å². The molecule has 2 heterocycles. The van der Waals surface area contributed by atoms with Crippen LogP contribution in [0.4, 0.5) is 0 Å². The largest absolute Gasteiger partial charge is 0.349 e. The van der Waals surface area contributed by atoms with Gasteiger partial charge in [0.05, 0.1) is 24.0 Å². The fraction of sp³-hybridized carbons (Fsp3) is 0.143. The molecule has 7 nitrogen and oxygen atoms in total. The number of hydrogen-bond donors (Lipinski definition) is 2. The Labute approximate surface area is 119 Å². The monoisotopic (exact) mass is 283 g/mol. The second kappa shape index (κ2) is 5.58. The standard InChI is InChI=1S/C14H13N5O2/c20-13(8-19-6-5-15-9-19)16-7-12-10-3-1-2-4-11(10)14(21)18-17-12/h1-6,9H,7-8H2,(H,16,20)(H,18,21). The molecule has 0 atom stereocenters. The van der Waals surface area contributed by atoms with Gasteiger partial charge in [0.2, 0.25) is 5.91 Å². The number of fused-ring (bicyclic) bond motifs is 1. The van der Waals surface area contributed by atoms with Gasteiger partial charge in [0.25, 0.3) is 5.56 Å². The lowest BCUT2D eigenvalue weighted by Gasteiger charge is -2.07. The summed E-state index contributed by atoms with van der Waals surface area (Å²) in [4.78, 5) is 27.4. The van der Waals surface area contributed by atoms with Gasteiger partial charge < -0.3 is 9.88 Å². The van der Waals surface area contributed by atoms with E-state index in [9.17, 15) is 9.59 Å². The first-order chi connectivity index (χ1) is 10.2. The van der Waals surface area contributed by atoms with E-state index in [1.807, 2.05) is 12.1 Å². The van der Waals surface area contributed by atoms with E-state index >= 15 is 0 Å². The number of carbonyl (C=O) groups is 1. The molecule has 0 saturated carbocycles. The average molecular weight is 283 g/mol. The minimum Gasteiger partial charge on any atom is -0.349 e. The maximum Gasteiger partial charge on any atom is 0.272 e. The molecule has 0 bridgehead atoms. The number of amides is 1. The Bertz CT molecular complexity index is 823. The maximum absolute atomic E-state index is 11.8. The molecular formula is C14H13N5O2. The van der Waals surface area contributed by atoms with Crippen molar-refractivity contribution in [3.05, 3.63) is 59.0 Å². The summed E-state index contributed by atoms with van der Waals surface area (Å²) in [7, 11) is 0. The van der Waals surface area contributed by atoms with Crippen LogP contribution in [0, 0.1) is 0 Å². The Morgan fingerprint density at radius 1 is 1.29 bits per heavy atom. The number of aromatic amines is 1. The van der Waals surface area contributed by atoms with Gasteiger partial charge in [-0.1, -0.05) is 18.2 Å². The smallest absolute Gasteiger partial charge is 0.272 e. The molecule has 0 aliphatic rings. The minimum absolute atomic E-state index is 0.148. The minimum atomic E-state index is -0.237. The number of nitrogens with one attached hydrogen (secondary N) is 2. The molecule has 3 rings (SSSR count). The first-order valence-corrected chi connectivity index (χ1v) is 6.43. The molecule has 21 heavy (non-hydrogen) atoms. The van der Waals surface area contributed by atoms with Gasteiger partial charge in [0.15, 0.2) is 0 Å². The highest BCUT2D eigenvalue weighted by Gasteiger charge is 2.08. The van der Waals surface area contributed by atoms with Gasteiger partial charge in [-0.25, -0.2) is 10.1 Å². The predicted octanol–water partition coefficient (Wildman–Crippen LogP) is 0.436. The van der Waals surface area contributed by atoms with Crippen LogP contribution in [0.5, 0.6) is 0 Å². The Morgan fingerprint density at radius 3 is 2.86 bits per heavy atom. The Hall–Kier alpha value is -2.96. The molecule has 0 unspecified atom stereocenters. The van der Waals surface area contributed by atoms with Crippen molar-refractivity contribution in [2.75, 3.05) is 0 Å². The number of imidazole rings is 1. The quantitative estimate of drug-likeness (QED) is 0.726. The summed E-state index contributed by atoms with van der Waals surface area (Å²) in [5, 5.41) is 10.5. The zero-order chi connectivity index (χ0) is 14.7. The number of hydrogen-bond acceptors (Lipinski definition) is 4. The highest BCUT2D eigenvalue weighted by molar-refractivity contribution is 5.84. The van der Waals surface area contributed by atoms with Crippen LogP contribution >= 0.6 is 0 Å². The summed E-state index contributed by atoms with van der Waals surface area (Å²) in [6, 6.07) is 7.17. The van der Waals surface area contributed by atoms with E-state index in [1.165, 1.54) is 0 Å². The molecular weight excluding hydrogens is 270 g/mol. The number of aromatic nitrogens is 4. The second-order valence-electron chi connectivity index (χ2n) is 4.56. The second-order valence-corrected chi connectivity index (χ2v) is 4.56. The van der Waals surface area contributed by atoms with Gasteiger partial charge in [-0.05, 0) is 6.07 Å². The molecule has 1 aromatic carbocycles.